The van der Waals surface area contributed by atoms with Gasteiger partial charge in [0.2, 0.25) is 0 Å². The Balaban J connectivity index is 2.08. The summed E-state index contributed by atoms with van der Waals surface area (Å²) in [5, 5.41) is 0.0996. The minimum atomic E-state index is -0.453. The van der Waals surface area contributed by atoms with Crippen molar-refractivity contribution >= 4 is 40.2 Å². The minimum absolute atomic E-state index is 0.0996. The summed E-state index contributed by atoms with van der Waals surface area (Å²) in [4.78, 5) is 0. The Bertz CT molecular complexity index is 461. The van der Waals surface area contributed by atoms with Gasteiger partial charge in [0.15, 0.2) is 0 Å². The molecule has 2 rings (SSSR count). The topological polar surface area (TPSA) is 9.23 Å². The Kier molecular flexibility index (Phi) is 6.06. The van der Waals surface area contributed by atoms with Gasteiger partial charge >= 0.3 is 0 Å². The number of thiol groups is 1. The van der Waals surface area contributed by atoms with Gasteiger partial charge in [-0.1, -0.05) is 37.3 Å². The molecule has 0 unspecified atom stereocenters. The Hall–Kier alpha value is 0.0700. The van der Waals surface area contributed by atoms with Crippen LogP contribution in [0.3, 0.4) is 0 Å². The molecule has 0 spiro atoms. The van der Waals surface area contributed by atoms with E-state index in [4.69, 9.17) is 16.3 Å². The van der Waals surface area contributed by atoms with E-state index in [-0.39, 0.29) is 10.4 Å². The van der Waals surface area contributed by atoms with Gasteiger partial charge in [-0.05, 0) is 40.6 Å². The molecular weight excluding hydrogens is 363 g/mol. The standard InChI is InChI=1S/C15H19BrClFOS/c16-11-7-12(17)13(18)8-14(11)19-9-15(10-20)5-3-1-2-4-6-15/h7-8,20H,1-6,9-10H2. The number of benzene rings is 1. The van der Waals surface area contributed by atoms with Crippen LogP contribution in [-0.4, -0.2) is 12.4 Å². The van der Waals surface area contributed by atoms with E-state index in [0.717, 1.165) is 18.6 Å². The first-order valence-electron chi connectivity index (χ1n) is 6.94. The van der Waals surface area contributed by atoms with E-state index in [9.17, 15) is 4.39 Å². The van der Waals surface area contributed by atoms with Crippen molar-refractivity contribution in [1.29, 1.82) is 0 Å². The van der Waals surface area contributed by atoms with E-state index in [1.165, 1.54) is 37.8 Å². The molecule has 1 aromatic rings. The molecule has 0 N–H and O–H groups in total. The Morgan fingerprint density at radius 2 is 1.90 bits per heavy atom. The smallest absolute Gasteiger partial charge is 0.145 e. The molecule has 20 heavy (non-hydrogen) atoms. The van der Waals surface area contributed by atoms with Crippen LogP contribution in [0.4, 0.5) is 4.39 Å². The molecule has 1 fully saturated rings. The lowest BCUT2D eigenvalue weighted by Crippen LogP contribution is -2.30. The molecule has 0 radical (unpaired) electrons. The summed E-state index contributed by atoms with van der Waals surface area (Å²) in [6.45, 7) is 0.580. The Morgan fingerprint density at radius 3 is 2.50 bits per heavy atom. The first kappa shape index (κ1) is 16.4. The highest BCUT2D eigenvalue weighted by Gasteiger charge is 2.30. The fourth-order valence-corrected chi connectivity index (χ4v) is 3.83. The largest absolute Gasteiger partial charge is 0.492 e. The van der Waals surface area contributed by atoms with E-state index >= 15 is 0 Å². The van der Waals surface area contributed by atoms with Crippen LogP contribution in [0.2, 0.25) is 5.02 Å². The number of ether oxygens (including phenoxy) is 1. The number of hydrogen-bond acceptors (Lipinski definition) is 2. The Labute approximate surface area is 138 Å². The SMILES string of the molecule is Fc1cc(OCC2(CS)CCCCCC2)c(Br)cc1Cl. The van der Waals surface area contributed by atoms with E-state index in [2.05, 4.69) is 28.6 Å². The first-order valence-corrected chi connectivity index (χ1v) is 8.75. The third-order valence-corrected chi connectivity index (χ3v) is 5.59. The summed E-state index contributed by atoms with van der Waals surface area (Å²) in [7, 11) is 0. The fourth-order valence-electron chi connectivity index (χ4n) is 2.67. The van der Waals surface area contributed by atoms with Gasteiger partial charge in [-0.25, -0.2) is 4.39 Å². The molecule has 0 atom stereocenters. The van der Waals surface area contributed by atoms with Gasteiger partial charge in [-0.3, -0.25) is 0 Å². The zero-order chi connectivity index (χ0) is 14.6. The van der Waals surface area contributed by atoms with Gasteiger partial charge in [0, 0.05) is 11.5 Å². The van der Waals surface area contributed by atoms with Gasteiger partial charge in [0.05, 0.1) is 16.1 Å². The van der Waals surface area contributed by atoms with Crippen LogP contribution < -0.4 is 4.74 Å². The molecule has 5 heteroatoms. The van der Waals surface area contributed by atoms with Crippen LogP contribution in [0.1, 0.15) is 38.5 Å². The molecule has 1 aliphatic rings. The van der Waals surface area contributed by atoms with Gasteiger partial charge in [0.25, 0.3) is 0 Å². The monoisotopic (exact) mass is 380 g/mol. The molecular formula is C15H19BrClFOS. The van der Waals surface area contributed by atoms with Crippen LogP contribution in [0, 0.1) is 11.2 Å². The average molecular weight is 382 g/mol. The van der Waals surface area contributed by atoms with Crippen molar-refractivity contribution in [1.82, 2.24) is 0 Å². The van der Waals surface area contributed by atoms with Gasteiger partial charge < -0.3 is 4.74 Å². The highest BCUT2D eigenvalue weighted by Crippen LogP contribution is 2.38. The van der Waals surface area contributed by atoms with Crippen molar-refractivity contribution in [3.8, 4) is 5.75 Å². The van der Waals surface area contributed by atoms with Gasteiger partial charge in [0.1, 0.15) is 11.6 Å². The maximum Gasteiger partial charge on any atom is 0.145 e. The molecule has 0 aliphatic heterocycles. The summed E-state index contributed by atoms with van der Waals surface area (Å²) >= 11 is 13.6. The van der Waals surface area contributed by atoms with E-state index in [0.29, 0.717) is 16.8 Å². The molecule has 0 bridgehead atoms. The van der Waals surface area contributed by atoms with Crippen LogP contribution in [0.15, 0.2) is 16.6 Å². The highest BCUT2D eigenvalue weighted by atomic mass is 79.9. The summed E-state index contributed by atoms with van der Waals surface area (Å²) in [5.74, 6) is 0.865. The van der Waals surface area contributed by atoms with Crippen molar-refractivity contribution in [2.75, 3.05) is 12.4 Å². The quantitative estimate of drug-likeness (QED) is 0.388. The molecule has 1 aliphatic carbocycles. The second kappa shape index (κ2) is 7.37. The normalized spacial score (nSPS) is 18.6. The zero-order valence-electron chi connectivity index (χ0n) is 11.3. The van der Waals surface area contributed by atoms with Crippen molar-refractivity contribution in [2.24, 2.45) is 5.41 Å². The van der Waals surface area contributed by atoms with Crippen LogP contribution >= 0.6 is 40.2 Å². The van der Waals surface area contributed by atoms with Crippen LogP contribution in [-0.2, 0) is 0 Å². The maximum absolute atomic E-state index is 13.5. The average Bonchev–Trinajstić information content (AvgIpc) is 2.67. The lowest BCUT2D eigenvalue weighted by molar-refractivity contribution is 0.147. The first-order chi connectivity index (χ1) is 9.56. The minimum Gasteiger partial charge on any atom is -0.492 e. The summed E-state index contributed by atoms with van der Waals surface area (Å²) in [6, 6.07) is 2.88. The molecule has 1 nitrogen and oxygen atoms in total. The van der Waals surface area contributed by atoms with E-state index < -0.39 is 5.82 Å². The van der Waals surface area contributed by atoms with Crippen molar-refractivity contribution < 1.29 is 9.13 Å². The van der Waals surface area contributed by atoms with Crippen molar-refractivity contribution in [3.05, 3.63) is 27.4 Å². The number of halogens is 3. The second-order valence-electron chi connectivity index (χ2n) is 5.56. The number of hydrogen-bond donors (Lipinski definition) is 1. The molecule has 0 amide bonds. The van der Waals surface area contributed by atoms with Crippen LogP contribution in [0.5, 0.6) is 5.75 Å². The van der Waals surface area contributed by atoms with E-state index in [1.54, 1.807) is 0 Å². The number of rotatable bonds is 4. The highest BCUT2D eigenvalue weighted by molar-refractivity contribution is 9.10. The Morgan fingerprint density at radius 1 is 1.25 bits per heavy atom. The van der Waals surface area contributed by atoms with Crippen molar-refractivity contribution in [2.45, 2.75) is 38.5 Å². The van der Waals surface area contributed by atoms with Crippen molar-refractivity contribution in [3.63, 3.8) is 0 Å². The zero-order valence-corrected chi connectivity index (χ0v) is 14.5. The lowest BCUT2D eigenvalue weighted by Gasteiger charge is -2.31. The predicted molar refractivity (Wildman–Crippen MR) is 88.6 cm³/mol. The fraction of sp³-hybridized carbons (Fsp3) is 0.600. The lowest BCUT2D eigenvalue weighted by atomic mass is 9.83. The van der Waals surface area contributed by atoms with E-state index in [1.807, 2.05) is 0 Å². The summed E-state index contributed by atoms with van der Waals surface area (Å²) < 4.78 is 20.1. The van der Waals surface area contributed by atoms with Gasteiger partial charge in [-0.2, -0.15) is 12.6 Å². The third-order valence-electron chi connectivity index (χ3n) is 4.01. The molecule has 0 aromatic heterocycles. The molecule has 0 heterocycles. The predicted octanol–water partition coefficient (Wildman–Crippen LogP) is 5.89. The molecule has 0 saturated heterocycles. The second-order valence-corrected chi connectivity index (χ2v) is 7.14. The van der Waals surface area contributed by atoms with Crippen LogP contribution in [0.25, 0.3) is 0 Å². The molecule has 1 aromatic carbocycles. The third kappa shape index (κ3) is 4.05. The summed E-state index contributed by atoms with van der Waals surface area (Å²) in [6.07, 6.45) is 7.28. The molecule has 112 valence electrons. The molecule has 1 saturated carbocycles. The van der Waals surface area contributed by atoms with Gasteiger partial charge in [-0.15, -0.1) is 0 Å². The summed E-state index contributed by atoms with van der Waals surface area (Å²) in [5.41, 5.74) is 0.106. The maximum atomic E-state index is 13.5.